The minimum Gasteiger partial charge on any atom is -0.248 e. The Morgan fingerprint density at radius 3 is 1.95 bits per heavy atom. The van der Waals surface area contributed by atoms with Crippen molar-refractivity contribution in [1.29, 1.82) is 5.26 Å². The van der Waals surface area contributed by atoms with E-state index in [1.165, 1.54) is 55.3 Å². The summed E-state index contributed by atoms with van der Waals surface area (Å²) in [7, 11) is 0. The third-order valence-corrected chi connectivity index (χ3v) is 9.19. The molecule has 2 aliphatic rings. The van der Waals surface area contributed by atoms with Gasteiger partial charge in [0, 0.05) is 17.3 Å². The predicted octanol–water partition coefficient (Wildman–Crippen LogP) is 9.18. The molecule has 0 N–H and O–H groups in total. The van der Waals surface area contributed by atoms with Gasteiger partial charge in [0.2, 0.25) is 0 Å². The summed E-state index contributed by atoms with van der Waals surface area (Å²) < 4.78 is 0. The van der Waals surface area contributed by atoms with Crippen LogP contribution in [0.5, 0.6) is 0 Å². The molecule has 9 rings (SSSR count). The van der Waals surface area contributed by atoms with Crippen molar-refractivity contribution < 1.29 is 0 Å². The van der Waals surface area contributed by atoms with Gasteiger partial charge in [-0.3, -0.25) is 0 Å². The van der Waals surface area contributed by atoms with Crippen LogP contribution in [-0.2, 0) is 5.41 Å². The summed E-state index contributed by atoms with van der Waals surface area (Å²) in [5, 5.41) is 11.9. The molecule has 3 heteroatoms. The van der Waals surface area contributed by atoms with Gasteiger partial charge >= 0.3 is 0 Å². The van der Waals surface area contributed by atoms with Crippen molar-refractivity contribution in [2.75, 3.05) is 0 Å². The molecular formula is C40H23N3. The van der Waals surface area contributed by atoms with E-state index in [-0.39, 0.29) is 5.41 Å². The van der Waals surface area contributed by atoms with Gasteiger partial charge < -0.3 is 0 Å². The SMILES string of the molecule is N#Cc1cc(-c2cccc(-c3ccc4c(c3)-c3c(ccc5ccccc35)C43c4ccccc4-c4ccccc43)n2)ccn1. The number of hydrogen-bond acceptors (Lipinski definition) is 3. The number of rotatable bonds is 2. The third-order valence-electron chi connectivity index (χ3n) is 9.19. The van der Waals surface area contributed by atoms with Crippen molar-refractivity contribution in [3.8, 4) is 50.8 Å². The molecule has 0 atom stereocenters. The van der Waals surface area contributed by atoms with Gasteiger partial charge in [-0.15, -0.1) is 0 Å². The van der Waals surface area contributed by atoms with Gasteiger partial charge in [-0.25, -0.2) is 9.97 Å². The molecule has 0 unspecified atom stereocenters. The Balaban J connectivity index is 1.33. The van der Waals surface area contributed by atoms with Gasteiger partial charge in [-0.05, 0) is 85.6 Å². The highest BCUT2D eigenvalue weighted by atomic mass is 14.7. The minimum absolute atomic E-state index is 0.383. The Morgan fingerprint density at radius 2 is 1.19 bits per heavy atom. The van der Waals surface area contributed by atoms with Gasteiger partial charge in [0.15, 0.2) is 0 Å². The molecule has 43 heavy (non-hydrogen) atoms. The number of aromatic nitrogens is 2. The first-order valence-electron chi connectivity index (χ1n) is 14.5. The van der Waals surface area contributed by atoms with Crippen molar-refractivity contribution >= 4 is 10.8 Å². The Labute approximate surface area is 249 Å². The Morgan fingerprint density at radius 1 is 0.535 bits per heavy atom. The number of hydrogen-bond donors (Lipinski definition) is 0. The Kier molecular flexibility index (Phi) is 4.89. The van der Waals surface area contributed by atoms with Gasteiger partial charge in [0.25, 0.3) is 0 Å². The molecule has 0 amide bonds. The van der Waals surface area contributed by atoms with Crippen molar-refractivity contribution in [2.45, 2.75) is 5.41 Å². The molecule has 1 spiro atoms. The van der Waals surface area contributed by atoms with Crippen molar-refractivity contribution in [3.05, 3.63) is 168 Å². The minimum atomic E-state index is -0.388. The standard InChI is InChI=1S/C40H23N3/c41-24-28-22-27(20-21-42-28)38-15-7-14-37(43-38)26-17-18-35-32(23-26)39-29-9-2-1-8-25(29)16-19-36(39)40(35)33-12-5-3-10-30(33)31-11-4-6-13-34(31)40/h1-23H. The Bertz CT molecular complexity index is 2280. The van der Waals surface area contributed by atoms with Crippen molar-refractivity contribution in [1.82, 2.24) is 9.97 Å². The highest BCUT2D eigenvalue weighted by Crippen LogP contribution is 2.63. The number of pyridine rings is 2. The monoisotopic (exact) mass is 545 g/mol. The fourth-order valence-electron chi connectivity index (χ4n) is 7.48. The summed E-state index contributed by atoms with van der Waals surface area (Å²) in [6, 6.07) is 49.9. The molecule has 2 aromatic heterocycles. The summed E-state index contributed by atoms with van der Waals surface area (Å²) >= 11 is 0. The van der Waals surface area contributed by atoms with Crippen LogP contribution in [0.25, 0.3) is 55.5 Å². The largest absolute Gasteiger partial charge is 0.248 e. The molecule has 198 valence electrons. The van der Waals surface area contributed by atoms with E-state index in [1.54, 1.807) is 12.3 Å². The highest BCUT2D eigenvalue weighted by Gasteiger charge is 2.51. The van der Waals surface area contributed by atoms with E-state index in [4.69, 9.17) is 4.98 Å². The number of benzene rings is 5. The maximum Gasteiger partial charge on any atom is 0.141 e. The predicted molar refractivity (Wildman–Crippen MR) is 171 cm³/mol. The summed E-state index contributed by atoms with van der Waals surface area (Å²) in [6.45, 7) is 0. The van der Waals surface area contributed by atoms with Crippen LogP contribution < -0.4 is 0 Å². The average Bonchev–Trinajstić information content (AvgIpc) is 3.55. The van der Waals surface area contributed by atoms with E-state index in [9.17, 15) is 5.26 Å². The first kappa shape index (κ1) is 23.8. The molecule has 0 fully saturated rings. The van der Waals surface area contributed by atoms with Gasteiger partial charge in [-0.2, -0.15) is 5.26 Å². The summed E-state index contributed by atoms with van der Waals surface area (Å²) in [6.07, 6.45) is 1.66. The summed E-state index contributed by atoms with van der Waals surface area (Å²) in [5.74, 6) is 0. The maximum absolute atomic E-state index is 9.36. The van der Waals surface area contributed by atoms with E-state index in [1.807, 2.05) is 18.2 Å². The second-order valence-electron chi connectivity index (χ2n) is 11.3. The zero-order valence-corrected chi connectivity index (χ0v) is 23.1. The van der Waals surface area contributed by atoms with Crippen LogP contribution in [0.4, 0.5) is 0 Å². The van der Waals surface area contributed by atoms with E-state index in [2.05, 4.69) is 120 Å². The molecular weight excluding hydrogens is 522 g/mol. The van der Waals surface area contributed by atoms with Crippen LogP contribution in [0.1, 0.15) is 27.9 Å². The van der Waals surface area contributed by atoms with E-state index < -0.39 is 0 Å². The van der Waals surface area contributed by atoms with E-state index in [0.29, 0.717) is 5.69 Å². The zero-order chi connectivity index (χ0) is 28.5. The lowest BCUT2D eigenvalue weighted by Gasteiger charge is -2.30. The molecule has 0 bridgehead atoms. The first-order chi connectivity index (χ1) is 21.3. The molecule has 5 aromatic carbocycles. The van der Waals surface area contributed by atoms with Gasteiger partial charge in [-0.1, -0.05) is 103 Å². The average molecular weight is 546 g/mol. The smallest absolute Gasteiger partial charge is 0.141 e. The van der Waals surface area contributed by atoms with E-state index in [0.717, 1.165) is 22.5 Å². The molecule has 0 radical (unpaired) electrons. The van der Waals surface area contributed by atoms with Gasteiger partial charge in [0.05, 0.1) is 16.8 Å². The quantitative estimate of drug-likeness (QED) is 0.218. The molecule has 3 nitrogen and oxygen atoms in total. The Hall–Kier alpha value is -5.85. The lowest BCUT2D eigenvalue weighted by molar-refractivity contribution is 0.794. The van der Waals surface area contributed by atoms with Crippen LogP contribution >= 0.6 is 0 Å². The molecule has 7 aromatic rings. The topological polar surface area (TPSA) is 49.6 Å². The maximum atomic E-state index is 9.36. The number of fused-ring (bicyclic) bond motifs is 12. The number of nitriles is 1. The summed E-state index contributed by atoms with van der Waals surface area (Å²) in [5.41, 5.74) is 14.1. The van der Waals surface area contributed by atoms with Crippen LogP contribution in [0.3, 0.4) is 0 Å². The highest BCUT2D eigenvalue weighted by molar-refractivity contribution is 6.06. The first-order valence-corrected chi connectivity index (χ1v) is 14.5. The molecule has 0 aliphatic heterocycles. The lowest BCUT2D eigenvalue weighted by Crippen LogP contribution is -2.25. The molecule has 0 saturated heterocycles. The van der Waals surface area contributed by atoms with Crippen molar-refractivity contribution in [2.24, 2.45) is 0 Å². The van der Waals surface area contributed by atoms with Crippen LogP contribution in [-0.4, -0.2) is 9.97 Å². The van der Waals surface area contributed by atoms with Gasteiger partial charge in [0.1, 0.15) is 11.8 Å². The second-order valence-corrected chi connectivity index (χ2v) is 11.3. The van der Waals surface area contributed by atoms with E-state index >= 15 is 0 Å². The summed E-state index contributed by atoms with van der Waals surface area (Å²) in [4.78, 5) is 9.18. The number of nitrogens with zero attached hydrogens (tertiary/aromatic N) is 3. The fraction of sp³-hybridized carbons (Fsp3) is 0.0250. The molecule has 0 saturated carbocycles. The van der Waals surface area contributed by atoms with Crippen LogP contribution in [0.2, 0.25) is 0 Å². The fourth-order valence-corrected chi connectivity index (χ4v) is 7.48. The lowest BCUT2D eigenvalue weighted by atomic mass is 9.70. The zero-order valence-electron chi connectivity index (χ0n) is 23.1. The van der Waals surface area contributed by atoms with Crippen LogP contribution in [0.15, 0.2) is 140 Å². The molecule has 2 heterocycles. The second kappa shape index (κ2) is 8.82. The van der Waals surface area contributed by atoms with Crippen molar-refractivity contribution in [3.63, 3.8) is 0 Å². The molecule has 2 aliphatic carbocycles. The normalized spacial score (nSPS) is 13.3. The van der Waals surface area contributed by atoms with Crippen LogP contribution in [0, 0.1) is 11.3 Å². The third kappa shape index (κ3) is 3.18.